The summed E-state index contributed by atoms with van der Waals surface area (Å²) in [5.74, 6) is 0. The lowest BCUT2D eigenvalue weighted by Crippen LogP contribution is -2.33. The van der Waals surface area contributed by atoms with Gasteiger partial charge in [-0.1, -0.05) is 30.3 Å². The highest BCUT2D eigenvalue weighted by Gasteiger charge is 2.28. The molecule has 0 aliphatic rings. The van der Waals surface area contributed by atoms with E-state index in [0.29, 0.717) is 11.1 Å². The average Bonchev–Trinajstić information content (AvgIpc) is 2.57. The Labute approximate surface area is 146 Å². The first-order chi connectivity index (χ1) is 11.8. The Hall–Kier alpha value is -2.29. The van der Waals surface area contributed by atoms with Crippen molar-refractivity contribution in [2.75, 3.05) is 13.2 Å². The Balaban J connectivity index is 2.51. The van der Waals surface area contributed by atoms with E-state index in [1.165, 1.54) is 6.07 Å². The van der Waals surface area contributed by atoms with Gasteiger partial charge in [0.25, 0.3) is 5.69 Å². The van der Waals surface area contributed by atoms with Crippen LogP contribution >= 0.6 is 0 Å². The molecule has 7 nitrogen and oxygen atoms in total. The van der Waals surface area contributed by atoms with E-state index in [9.17, 15) is 23.6 Å². The monoisotopic (exact) mass is 364 g/mol. The van der Waals surface area contributed by atoms with Gasteiger partial charge in [0.2, 0.25) is 10.0 Å². The fourth-order valence-electron chi connectivity index (χ4n) is 2.50. The summed E-state index contributed by atoms with van der Waals surface area (Å²) in [6.45, 7) is 2.88. The van der Waals surface area contributed by atoms with Crippen LogP contribution in [0, 0.1) is 24.0 Å². The topological polar surface area (TPSA) is 101 Å². The van der Waals surface area contributed by atoms with Crippen LogP contribution in [0.3, 0.4) is 0 Å². The highest BCUT2D eigenvalue weighted by Crippen LogP contribution is 2.28. The number of non-ortho nitro benzene ring substituents is 1. The van der Waals surface area contributed by atoms with Gasteiger partial charge in [-0.3, -0.25) is 10.1 Å². The molecule has 0 amide bonds. The standard InChI is InChI=1S/C17H20N2O5S/c1-13-10-16(19(21)22)11-17(14(13)2)25(23,24)18(8-9-20)12-15-6-4-3-5-7-15/h3-7,10-11,20H,8-9,12H2,1-2H3. The first-order valence-electron chi connectivity index (χ1n) is 7.68. The molecular weight excluding hydrogens is 344 g/mol. The van der Waals surface area contributed by atoms with Gasteiger partial charge < -0.3 is 5.11 Å². The van der Waals surface area contributed by atoms with E-state index in [4.69, 9.17) is 0 Å². The number of hydrogen-bond donors (Lipinski definition) is 1. The fraction of sp³-hybridized carbons (Fsp3) is 0.294. The number of aliphatic hydroxyl groups excluding tert-OH is 1. The number of aryl methyl sites for hydroxylation is 1. The van der Waals surface area contributed by atoms with Crippen molar-refractivity contribution in [1.29, 1.82) is 0 Å². The summed E-state index contributed by atoms with van der Waals surface area (Å²) >= 11 is 0. The molecule has 0 fully saturated rings. The van der Waals surface area contributed by atoms with Crippen molar-refractivity contribution >= 4 is 15.7 Å². The summed E-state index contributed by atoms with van der Waals surface area (Å²) in [5, 5.41) is 20.4. The molecule has 1 N–H and O–H groups in total. The van der Waals surface area contributed by atoms with Gasteiger partial charge in [0.15, 0.2) is 0 Å². The Kier molecular flexibility index (Phi) is 5.89. The normalized spacial score (nSPS) is 11.7. The number of nitro groups is 1. The molecule has 8 heteroatoms. The molecule has 134 valence electrons. The minimum absolute atomic E-state index is 0.0743. The summed E-state index contributed by atoms with van der Waals surface area (Å²) in [7, 11) is -4.00. The van der Waals surface area contributed by atoms with Crippen molar-refractivity contribution in [3.05, 3.63) is 69.3 Å². The predicted molar refractivity (Wildman–Crippen MR) is 93.7 cm³/mol. The highest BCUT2D eigenvalue weighted by atomic mass is 32.2. The third kappa shape index (κ3) is 4.22. The van der Waals surface area contributed by atoms with E-state index in [-0.39, 0.29) is 30.3 Å². The van der Waals surface area contributed by atoms with Gasteiger partial charge in [-0.2, -0.15) is 4.31 Å². The average molecular weight is 364 g/mol. The second kappa shape index (κ2) is 7.73. The lowest BCUT2D eigenvalue weighted by molar-refractivity contribution is -0.385. The first kappa shape index (κ1) is 19.0. The van der Waals surface area contributed by atoms with E-state index >= 15 is 0 Å². The van der Waals surface area contributed by atoms with Crippen LogP contribution in [0.4, 0.5) is 5.69 Å². The minimum atomic E-state index is -4.00. The van der Waals surface area contributed by atoms with Crippen molar-refractivity contribution in [3.63, 3.8) is 0 Å². The molecule has 0 bridgehead atoms. The van der Waals surface area contributed by atoms with Crippen LogP contribution in [-0.2, 0) is 16.6 Å². The zero-order valence-corrected chi connectivity index (χ0v) is 14.9. The number of hydrogen-bond acceptors (Lipinski definition) is 5. The first-order valence-corrected chi connectivity index (χ1v) is 9.12. The Morgan fingerprint density at radius 3 is 2.36 bits per heavy atom. The maximum Gasteiger partial charge on any atom is 0.271 e. The Morgan fingerprint density at radius 1 is 1.16 bits per heavy atom. The van der Waals surface area contributed by atoms with E-state index in [0.717, 1.165) is 15.9 Å². The molecule has 2 aromatic rings. The molecule has 0 radical (unpaired) electrons. The zero-order valence-electron chi connectivity index (χ0n) is 14.0. The lowest BCUT2D eigenvalue weighted by Gasteiger charge is -2.23. The summed E-state index contributed by atoms with van der Waals surface area (Å²) in [4.78, 5) is 10.4. The number of aliphatic hydroxyl groups is 1. The predicted octanol–water partition coefficient (Wildman–Crippen LogP) is 2.39. The van der Waals surface area contributed by atoms with Crippen LogP contribution < -0.4 is 0 Å². The molecule has 0 atom stereocenters. The van der Waals surface area contributed by atoms with Crippen molar-refractivity contribution in [2.24, 2.45) is 0 Å². The van der Waals surface area contributed by atoms with Crippen LogP contribution in [0.25, 0.3) is 0 Å². The third-order valence-electron chi connectivity index (χ3n) is 3.98. The zero-order chi connectivity index (χ0) is 18.6. The molecule has 0 aromatic heterocycles. The second-order valence-corrected chi connectivity index (χ2v) is 7.60. The second-order valence-electron chi connectivity index (χ2n) is 5.69. The summed E-state index contributed by atoms with van der Waals surface area (Å²) in [6, 6.07) is 11.4. The molecular formula is C17H20N2O5S. The van der Waals surface area contributed by atoms with Gasteiger partial charge in [0, 0.05) is 25.2 Å². The van der Waals surface area contributed by atoms with Gasteiger partial charge in [0.05, 0.1) is 16.4 Å². The van der Waals surface area contributed by atoms with Crippen LogP contribution in [0.15, 0.2) is 47.4 Å². The Bertz CT molecular complexity index is 866. The molecule has 0 heterocycles. The number of rotatable bonds is 7. The van der Waals surface area contributed by atoms with Crippen LogP contribution in [0.5, 0.6) is 0 Å². The van der Waals surface area contributed by atoms with Gasteiger partial charge >= 0.3 is 0 Å². The van der Waals surface area contributed by atoms with Crippen molar-refractivity contribution in [2.45, 2.75) is 25.3 Å². The van der Waals surface area contributed by atoms with Crippen molar-refractivity contribution < 1.29 is 18.4 Å². The molecule has 0 aliphatic heterocycles. The third-order valence-corrected chi connectivity index (χ3v) is 5.96. The van der Waals surface area contributed by atoms with Crippen molar-refractivity contribution in [3.8, 4) is 0 Å². The lowest BCUT2D eigenvalue weighted by atomic mass is 10.1. The summed E-state index contributed by atoms with van der Waals surface area (Å²) in [6.07, 6.45) is 0. The van der Waals surface area contributed by atoms with E-state index in [2.05, 4.69) is 0 Å². The van der Waals surface area contributed by atoms with E-state index in [1.54, 1.807) is 38.1 Å². The fourth-order valence-corrected chi connectivity index (χ4v) is 4.24. The smallest absolute Gasteiger partial charge is 0.271 e. The van der Waals surface area contributed by atoms with Gasteiger partial charge in [-0.15, -0.1) is 0 Å². The maximum absolute atomic E-state index is 13.1. The molecule has 0 unspecified atom stereocenters. The van der Waals surface area contributed by atoms with E-state index in [1.807, 2.05) is 6.07 Å². The van der Waals surface area contributed by atoms with Crippen LogP contribution in [0.1, 0.15) is 16.7 Å². The molecule has 0 spiro atoms. The molecule has 2 rings (SSSR count). The molecule has 0 saturated carbocycles. The maximum atomic E-state index is 13.1. The summed E-state index contributed by atoms with van der Waals surface area (Å²) in [5.41, 5.74) is 1.47. The highest BCUT2D eigenvalue weighted by molar-refractivity contribution is 7.89. The number of nitrogens with zero attached hydrogens (tertiary/aromatic N) is 2. The van der Waals surface area contributed by atoms with Gasteiger partial charge in [-0.25, -0.2) is 8.42 Å². The molecule has 25 heavy (non-hydrogen) atoms. The number of benzene rings is 2. The largest absolute Gasteiger partial charge is 0.395 e. The van der Waals surface area contributed by atoms with Crippen LogP contribution in [-0.4, -0.2) is 35.9 Å². The van der Waals surface area contributed by atoms with Crippen LogP contribution in [0.2, 0.25) is 0 Å². The van der Waals surface area contributed by atoms with E-state index < -0.39 is 14.9 Å². The van der Waals surface area contributed by atoms with Crippen molar-refractivity contribution in [1.82, 2.24) is 4.31 Å². The quantitative estimate of drug-likeness (QED) is 0.600. The Morgan fingerprint density at radius 2 is 1.80 bits per heavy atom. The number of nitro benzene ring substituents is 1. The molecule has 2 aromatic carbocycles. The van der Waals surface area contributed by atoms with Gasteiger partial charge in [0.1, 0.15) is 0 Å². The SMILES string of the molecule is Cc1cc([N+](=O)[O-])cc(S(=O)(=O)N(CCO)Cc2ccccc2)c1C. The molecule has 0 saturated heterocycles. The summed E-state index contributed by atoms with van der Waals surface area (Å²) < 4.78 is 27.3. The van der Waals surface area contributed by atoms with Gasteiger partial charge in [-0.05, 0) is 30.5 Å². The molecule has 0 aliphatic carbocycles. The minimum Gasteiger partial charge on any atom is -0.395 e. The number of sulfonamides is 1.